The summed E-state index contributed by atoms with van der Waals surface area (Å²) in [6, 6.07) is 37.5. The van der Waals surface area contributed by atoms with Crippen molar-refractivity contribution in [2.45, 2.75) is 37.8 Å². The van der Waals surface area contributed by atoms with Gasteiger partial charge in [0.15, 0.2) is 0 Å². The summed E-state index contributed by atoms with van der Waals surface area (Å²) in [5.41, 5.74) is 4.66. The summed E-state index contributed by atoms with van der Waals surface area (Å²) in [6.45, 7) is 1.87. The van der Waals surface area contributed by atoms with Crippen LogP contribution in [0, 0.1) is 0 Å². The third-order valence-corrected chi connectivity index (χ3v) is 8.12. The smallest absolute Gasteiger partial charge is 0.274 e. The van der Waals surface area contributed by atoms with Crippen LogP contribution in [0.4, 0.5) is 0 Å². The molecule has 1 unspecified atom stereocenters. The Hall–Kier alpha value is -3.73. The molecule has 1 saturated heterocycles. The molecule has 0 N–H and O–H groups in total. The fraction of sp³-hybridized carbons (Fsp3) is 0.235. The molecule has 1 aliphatic heterocycles. The van der Waals surface area contributed by atoms with Crippen molar-refractivity contribution in [2.24, 2.45) is 0 Å². The lowest BCUT2D eigenvalue weighted by atomic mass is 9.97. The molecule has 4 aromatic carbocycles. The van der Waals surface area contributed by atoms with E-state index in [1.807, 2.05) is 48.5 Å². The Morgan fingerprint density at radius 3 is 2.03 bits per heavy atom. The van der Waals surface area contributed by atoms with Crippen molar-refractivity contribution in [3.8, 4) is 0 Å². The number of benzene rings is 4. The Labute approximate surface area is 234 Å². The predicted octanol–water partition coefficient (Wildman–Crippen LogP) is 7.46. The molecular formula is C34H32ClN3O. The van der Waals surface area contributed by atoms with Crippen LogP contribution in [0.5, 0.6) is 0 Å². The van der Waals surface area contributed by atoms with Crippen LogP contribution >= 0.6 is 11.6 Å². The zero-order valence-corrected chi connectivity index (χ0v) is 22.7. The summed E-state index contributed by atoms with van der Waals surface area (Å²) in [4.78, 5) is 16.3. The fourth-order valence-electron chi connectivity index (χ4n) is 5.94. The zero-order chi connectivity index (χ0) is 26.6. The minimum atomic E-state index is 0.00609. The van der Waals surface area contributed by atoms with Gasteiger partial charge in [0, 0.05) is 23.4 Å². The fourth-order valence-corrected chi connectivity index (χ4v) is 6.06. The molecule has 2 heterocycles. The van der Waals surface area contributed by atoms with Gasteiger partial charge in [0.05, 0.1) is 23.2 Å². The van der Waals surface area contributed by atoms with Gasteiger partial charge in [-0.05, 0) is 60.7 Å². The van der Waals surface area contributed by atoms with E-state index < -0.39 is 0 Å². The molecule has 1 fully saturated rings. The van der Waals surface area contributed by atoms with Gasteiger partial charge in [-0.25, -0.2) is 4.68 Å². The lowest BCUT2D eigenvalue weighted by Crippen LogP contribution is -2.32. The number of hydrogen-bond donors (Lipinski definition) is 0. The first-order valence-electron chi connectivity index (χ1n) is 13.8. The lowest BCUT2D eigenvalue weighted by molar-refractivity contribution is 0.230. The van der Waals surface area contributed by atoms with Crippen molar-refractivity contribution in [1.82, 2.24) is 14.7 Å². The van der Waals surface area contributed by atoms with E-state index >= 15 is 0 Å². The maximum atomic E-state index is 13.7. The van der Waals surface area contributed by atoms with Gasteiger partial charge in [-0.1, -0.05) is 103 Å². The molecule has 6 rings (SSSR count). The van der Waals surface area contributed by atoms with E-state index in [9.17, 15) is 4.79 Å². The Morgan fingerprint density at radius 1 is 0.744 bits per heavy atom. The van der Waals surface area contributed by atoms with Crippen molar-refractivity contribution >= 4 is 22.4 Å². The van der Waals surface area contributed by atoms with Gasteiger partial charge in [0.2, 0.25) is 0 Å². The first kappa shape index (κ1) is 25.5. The van der Waals surface area contributed by atoms with Crippen LogP contribution in [0.2, 0.25) is 5.02 Å². The molecule has 0 aliphatic carbocycles. The highest BCUT2D eigenvalue weighted by Gasteiger charge is 2.27. The normalized spacial score (nSPS) is 16.4. The highest BCUT2D eigenvalue weighted by atomic mass is 35.5. The molecule has 4 nitrogen and oxygen atoms in total. The van der Waals surface area contributed by atoms with Gasteiger partial charge < -0.3 is 0 Å². The molecule has 1 aliphatic rings. The molecule has 1 atom stereocenters. The monoisotopic (exact) mass is 533 g/mol. The molecule has 0 spiro atoms. The Morgan fingerprint density at radius 2 is 1.36 bits per heavy atom. The summed E-state index contributed by atoms with van der Waals surface area (Å²) < 4.78 is 1.79. The van der Waals surface area contributed by atoms with Crippen molar-refractivity contribution in [3.63, 3.8) is 0 Å². The average molecular weight is 534 g/mol. The molecule has 196 valence electrons. The van der Waals surface area contributed by atoms with Crippen LogP contribution in [-0.4, -0.2) is 27.8 Å². The van der Waals surface area contributed by atoms with Crippen LogP contribution in [0.3, 0.4) is 0 Å². The number of nitrogens with zero attached hydrogens (tertiary/aromatic N) is 3. The van der Waals surface area contributed by atoms with Gasteiger partial charge in [-0.3, -0.25) is 9.69 Å². The number of hydrogen-bond acceptors (Lipinski definition) is 3. The first-order chi connectivity index (χ1) is 19.2. The van der Waals surface area contributed by atoms with Crippen LogP contribution in [0.25, 0.3) is 10.8 Å². The van der Waals surface area contributed by atoms with Crippen molar-refractivity contribution in [1.29, 1.82) is 0 Å². The van der Waals surface area contributed by atoms with Gasteiger partial charge in [-0.15, -0.1) is 0 Å². The largest absolute Gasteiger partial charge is 0.292 e. The maximum Gasteiger partial charge on any atom is 0.274 e. The standard InChI is InChI=1S/C34H32ClN3O/c35-28-19-17-25(18-20-28)24-32-30-15-7-8-16-31(30)34(39)38(36-32)29-14-9-22-37(23-21-29)33(26-10-3-1-4-11-26)27-12-5-2-6-13-27/h1-8,10-13,15-20,29,33H,9,14,21-24H2. The number of likely N-dealkylation sites (tertiary alicyclic amines) is 1. The third kappa shape index (κ3) is 5.54. The van der Waals surface area contributed by atoms with Crippen molar-refractivity contribution < 1.29 is 0 Å². The minimum Gasteiger partial charge on any atom is -0.292 e. The summed E-state index contributed by atoms with van der Waals surface area (Å²) in [6.07, 6.45) is 3.47. The lowest BCUT2D eigenvalue weighted by Gasteiger charge is -2.31. The molecule has 39 heavy (non-hydrogen) atoms. The minimum absolute atomic E-state index is 0.00609. The molecule has 5 aromatic rings. The Balaban J connectivity index is 1.32. The van der Waals surface area contributed by atoms with E-state index in [0.29, 0.717) is 11.4 Å². The Kier molecular flexibility index (Phi) is 7.57. The quantitative estimate of drug-likeness (QED) is 0.227. The van der Waals surface area contributed by atoms with Gasteiger partial charge in [0.1, 0.15) is 0 Å². The van der Waals surface area contributed by atoms with Crippen LogP contribution < -0.4 is 5.56 Å². The molecule has 0 saturated carbocycles. The molecule has 0 bridgehead atoms. The highest BCUT2D eigenvalue weighted by Crippen LogP contribution is 2.33. The molecule has 1 aromatic heterocycles. The van der Waals surface area contributed by atoms with E-state index in [1.54, 1.807) is 4.68 Å². The van der Waals surface area contributed by atoms with Crippen LogP contribution in [0.15, 0.2) is 114 Å². The summed E-state index contributed by atoms with van der Waals surface area (Å²) in [7, 11) is 0. The molecule has 0 radical (unpaired) electrons. The number of rotatable bonds is 6. The van der Waals surface area contributed by atoms with Gasteiger partial charge in [-0.2, -0.15) is 5.10 Å². The van der Waals surface area contributed by atoms with Crippen LogP contribution in [0.1, 0.15) is 53.7 Å². The second kappa shape index (κ2) is 11.6. The molecule has 0 amide bonds. The summed E-state index contributed by atoms with van der Waals surface area (Å²) >= 11 is 6.12. The number of aromatic nitrogens is 2. The number of halogens is 1. The molecular weight excluding hydrogens is 502 g/mol. The Bertz CT molecular complexity index is 1560. The predicted molar refractivity (Wildman–Crippen MR) is 159 cm³/mol. The average Bonchev–Trinajstić information content (AvgIpc) is 3.23. The van der Waals surface area contributed by atoms with E-state index in [-0.39, 0.29) is 17.6 Å². The second-order valence-electron chi connectivity index (χ2n) is 10.4. The number of fused-ring (bicyclic) bond motifs is 1. The van der Waals surface area contributed by atoms with E-state index in [1.165, 1.54) is 11.1 Å². The van der Waals surface area contributed by atoms with E-state index in [0.717, 1.165) is 54.4 Å². The summed E-state index contributed by atoms with van der Waals surface area (Å²) in [5.74, 6) is 0. The first-order valence-corrected chi connectivity index (χ1v) is 14.1. The van der Waals surface area contributed by atoms with Crippen molar-refractivity contribution in [3.05, 3.63) is 147 Å². The summed E-state index contributed by atoms with van der Waals surface area (Å²) in [5, 5.41) is 7.41. The second-order valence-corrected chi connectivity index (χ2v) is 10.8. The maximum absolute atomic E-state index is 13.7. The van der Waals surface area contributed by atoms with Crippen molar-refractivity contribution in [2.75, 3.05) is 13.1 Å². The highest BCUT2D eigenvalue weighted by molar-refractivity contribution is 6.30. The van der Waals surface area contributed by atoms with E-state index in [4.69, 9.17) is 16.7 Å². The van der Waals surface area contributed by atoms with E-state index in [2.05, 4.69) is 65.6 Å². The van der Waals surface area contributed by atoms with Crippen LogP contribution in [-0.2, 0) is 6.42 Å². The van der Waals surface area contributed by atoms with Gasteiger partial charge in [0.25, 0.3) is 5.56 Å². The topological polar surface area (TPSA) is 38.1 Å². The van der Waals surface area contributed by atoms with Gasteiger partial charge >= 0.3 is 0 Å². The zero-order valence-electron chi connectivity index (χ0n) is 21.9. The molecule has 5 heteroatoms. The SMILES string of the molecule is O=c1c2ccccc2c(Cc2ccc(Cl)cc2)nn1C1CCCN(C(c2ccccc2)c2ccccc2)CC1. The third-order valence-electron chi connectivity index (χ3n) is 7.86.